The van der Waals surface area contributed by atoms with Gasteiger partial charge in [-0.2, -0.15) is 0 Å². The lowest BCUT2D eigenvalue weighted by molar-refractivity contribution is -0.856. The molecule has 0 saturated carbocycles. The van der Waals surface area contributed by atoms with Gasteiger partial charge in [0.2, 0.25) is 0 Å². The van der Waals surface area contributed by atoms with Crippen LogP contribution in [0, 0.1) is 20.8 Å². The molecule has 0 fully saturated rings. The van der Waals surface area contributed by atoms with E-state index >= 15 is 0 Å². The molecular weight excluding hydrogens is 254 g/mol. The Bertz CT molecular complexity index is 487. The predicted octanol–water partition coefficient (Wildman–Crippen LogP) is -0.189. The molecule has 0 radical (unpaired) electrons. The molecule has 5 nitrogen and oxygen atoms in total. The van der Waals surface area contributed by atoms with Crippen LogP contribution in [-0.2, 0) is 9.59 Å². The van der Waals surface area contributed by atoms with Gasteiger partial charge in [0, 0.05) is 5.69 Å². The van der Waals surface area contributed by atoms with Gasteiger partial charge in [-0.15, -0.1) is 0 Å². The number of rotatable bonds is 4. The van der Waals surface area contributed by atoms with Crippen LogP contribution >= 0.6 is 0 Å². The second-order valence-corrected chi connectivity index (χ2v) is 5.44. The Balaban J connectivity index is 2.64. The van der Waals surface area contributed by atoms with Crippen LogP contribution in [0.25, 0.3) is 0 Å². The zero-order valence-electron chi connectivity index (χ0n) is 12.9. The van der Waals surface area contributed by atoms with Gasteiger partial charge >= 0.3 is 11.8 Å². The van der Waals surface area contributed by atoms with Crippen molar-refractivity contribution in [1.29, 1.82) is 0 Å². The molecule has 110 valence electrons. The molecule has 1 aromatic rings. The summed E-state index contributed by atoms with van der Waals surface area (Å²) in [5, 5.41) is 5.30. The van der Waals surface area contributed by atoms with Gasteiger partial charge in [0.25, 0.3) is 0 Å². The Morgan fingerprint density at radius 3 is 2.10 bits per heavy atom. The normalized spacial score (nSPS) is 10.5. The number of carbonyl (C=O) groups is 2. The van der Waals surface area contributed by atoms with Crippen molar-refractivity contribution < 1.29 is 14.5 Å². The molecule has 0 heterocycles. The highest BCUT2D eigenvalue weighted by Gasteiger charge is 2.15. The Morgan fingerprint density at radius 1 is 1.05 bits per heavy atom. The molecule has 0 aliphatic heterocycles. The number of carbonyl (C=O) groups excluding carboxylic acids is 2. The molecule has 3 N–H and O–H groups in total. The summed E-state index contributed by atoms with van der Waals surface area (Å²) in [6.07, 6.45) is 0. The standard InChI is InChI=1S/C15H23N3O2/c1-10-8-11(2)13(12(3)9-10)17-15(20)14(19)16-6-7-18(4)5/h8-9H,6-7H2,1-5H3,(H,16,19)(H,17,20)/p+1. The molecule has 0 unspecified atom stereocenters. The first-order valence-corrected chi connectivity index (χ1v) is 6.77. The first kappa shape index (κ1) is 16.2. The summed E-state index contributed by atoms with van der Waals surface area (Å²) in [5.41, 5.74) is 3.77. The zero-order valence-corrected chi connectivity index (χ0v) is 12.9. The molecule has 0 bridgehead atoms. The van der Waals surface area contributed by atoms with Gasteiger partial charge in [-0.1, -0.05) is 17.7 Å². The van der Waals surface area contributed by atoms with Crippen molar-refractivity contribution in [1.82, 2.24) is 5.32 Å². The van der Waals surface area contributed by atoms with E-state index in [1.807, 2.05) is 47.0 Å². The molecule has 20 heavy (non-hydrogen) atoms. The van der Waals surface area contributed by atoms with E-state index in [4.69, 9.17) is 0 Å². The number of amides is 2. The van der Waals surface area contributed by atoms with Crippen LogP contribution in [0.15, 0.2) is 12.1 Å². The van der Waals surface area contributed by atoms with Gasteiger partial charge in [0.05, 0.1) is 27.2 Å². The molecule has 1 rings (SSSR count). The van der Waals surface area contributed by atoms with Crippen LogP contribution in [0.1, 0.15) is 16.7 Å². The van der Waals surface area contributed by atoms with Crippen molar-refractivity contribution in [2.75, 3.05) is 32.5 Å². The van der Waals surface area contributed by atoms with Gasteiger partial charge in [-0.25, -0.2) is 0 Å². The molecule has 5 heteroatoms. The summed E-state index contributed by atoms with van der Waals surface area (Å²) in [5.74, 6) is -1.21. The van der Waals surface area contributed by atoms with Crippen molar-refractivity contribution in [3.63, 3.8) is 0 Å². The molecule has 2 amide bonds. The third-order valence-electron chi connectivity index (χ3n) is 3.03. The van der Waals surface area contributed by atoms with Gasteiger partial charge in [0.1, 0.15) is 0 Å². The average molecular weight is 278 g/mol. The number of nitrogens with one attached hydrogen (secondary N) is 3. The fourth-order valence-corrected chi connectivity index (χ4v) is 2.05. The molecule has 0 aliphatic carbocycles. The molecule has 0 aliphatic rings. The van der Waals surface area contributed by atoms with E-state index in [0.29, 0.717) is 12.2 Å². The SMILES string of the molecule is Cc1cc(C)c(NC(=O)C(=O)NCC[NH+](C)C)c(C)c1. The summed E-state index contributed by atoms with van der Waals surface area (Å²) >= 11 is 0. The molecule has 0 aromatic heterocycles. The van der Waals surface area contributed by atoms with E-state index in [1.54, 1.807) is 0 Å². The van der Waals surface area contributed by atoms with Crippen LogP contribution in [-0.4, -0.2) is 39.0 Å². The fraction of sp³-hybridized carbons (Fsp3) is 0.467. The van der Waals surface area contributed by atoms with Crippen molar-refractivity contribution in [2.24, 2.45) is 0 Å². The largest absolute Gasteiger partial charge is 0.342 e. The Kier molecular flexibility index (Phi) is 5.70. The summed E-state index contributed by atoms with van der Waals surface area (Å²) in [6, 6.07) is 3.96. The minimum atomic E-state index is -0.617. The van der Waals surface area contributed by atoms with E-state index < -0.39 is 11.8 Å². The summed E-state index contributed by atoms with van der Waals surface area (Å²) in [4.78, 5) is 24.8. The van der Waals surface area contributed by atoms with Crippen LogP contribution in [0.2, 0.25) is 0 Å². The van der Waals surface area contributed by atoms with Gasteiger partial charge in [0.15, 0.2) is 0 Å². The number of hydrogen-bond donors (Lipinski definition) is 3. The summed E-state index contributed by atoms with van der Waals surface area (Å²) in [7, 11) is 3.98. The van der Waals surface area contributed by atoms with E-state index in [2.05, 4.69) is 10.6 Å². The summed E-state index contributed by atoms with van der Waals surface area (Å²) in [6.45, 7) is 7.11. The predicted molar refractivity (Wildman–Crippen MR) is 80.0 cm³/mol. The number of hydrogen-bond acceptors (Lipinski definition) is 2. The lowest BCUT2D eigenvalue weighted by Gasteiger charge is -2.13. The minimum absolute atomic E-state index is 0.487. The van der Waals surface area contributed by atoms with Crippen LogP contribution < -0.4 is 15.5 Å². The minimum Gasteiger partial charge on any atom is -0.342 e. The highest BCUT2D eigenvalue weighted by Crippen LogP contribution is 2.21. The highest BCUT2D eigenvalue weighted by atomic mass is 16.2. The maximum absolute atomic E-state index is 11.8. The van der Waals surface area contributed by atoms with Crippen LogP contribution in [0.5, 0.6) is 0 Å². The van der Waals surface area contributed by atoms with Crippen molar-refractivity contribution in [3.05, 3.63) is 28.8 Å². The van der Waals surface area contributed by atoms with Gasteiger partial charge in [-0.3, -0.25) is 9.59 Å². The Morgan fingerprint density at radius 2 is 1.60 bits per heavy atom. The third-order valence-corrected chi connectivity index (χ3v) is 3.03. The van der Waals surface area contributed by atoms with E-state index in [9.17, 15) is 9.59 Å². The first-order valence-electron chi connectivity index (χ1n) is 6.77. The molecule has 1 aromatic carbocycles. The zero-order chi connectivity index (χ0) is 15.3. The lowest BCUT2D eigenvalue weighted by atomic mass is 10.1. The monoisotopic (exact) mass is 278 g/mol. The number of quaternary nitrogens is 1. The summed E-state index contributed by atoms with van der Waals surface area (Å²) < 4.78 is 0. The van der Waals surface area contributed by atoms with Crippen molar-refractivity contribution >= 4 is 17.5 Å². The maximum atomic E-state index is 11.8. The van der Waals surface area contributed by atoms with E-state index in [1.165, 1.54) is 4.90 Å². The number of likely N-dealkylation sites (N-methyl/N-ethyl adjacent to an activating group) is 1. The number of benzene rings is 1. The van der Waals surface area contributed by atoms with Gasteiger partial charge in [-0.05, 0) is 31.9 Å². The number of aryl methyl sites for hydroxylation is 3. The third kappa shape index (κ3) is 4.66. The first-order chi connectivity index (χ1) is 9.31. The molecule has 0 saturated heterocycles. The molecule has 0 spiro atoms. The fourth-order valence-electron chi connectivity index (χ4n) is 2.05. The average Bonchev–Trinajstić information content (AvgIpc) is 2.32. The van der Waals surface area contributed by atoms with Crippen molar-refractivity contribution in [2.45, 2.75) is 20.8 Å². The van der Waals surface area contributed by atoms with Gasteiger partial charge < -0.3 is 15.5 Å². The lowest BCUT2D eigenvalue weighted by Crippen LogP contribution is -3.06. The van der Waals surface area contributed by atoms with Crippen LogP contribution in [0.3, 0.4) is 0 Å². The quantitative estimate of drug-likeness (QED) is 0.669. The number of anilines is 1. The van der Waals surface area contributed by atoms with Crippen molar-refractivity contribution in [3.8, 4) is 0 Å². The topological polar surface area (TPSA) is 62.6 Å². The van der Waals surface area contributed by atoms with E-state index in [0.717, 1.165) is 23.2 Å². The Labute approximate surface area is 120 Å². The van der Waals surface area contributed by atoms with E-state index in [-0.39, 0.29) is 0 Å². The van der Waals surface area contributed by atoms with Crippen LogP contribution in [0.4, 0.5) is 5.69 Å². The second kappa shape index (κ2) is 7.05. The Hall–Kier alpha value is -1.88. The maximum Gasteiger partial charge on any atom is 0.313 e. The molecular formula is C15H24N3O2+. The molecule has 0 atom stereocenters. The highest BCUT2D eigenvalue weighted by molar-refractivity contribution is 6.39. The smallest absolute Gasteiger partial charge is 0.313 e. The second-order valence-electron chi connectivity index (χ2n) is 5.44.